The summed E-state index contributed by atoms with van der Waals surface area (Å²) in [6.07, 6.45) is 1.15. The van der Waals surface area contributed by atoms with E-state index >= 15 is 0 Å². The standard InChI is InChI=1S/C10H20N4OS/c1-3-5-13(4-2)6-7-14-9(8-15)11-12-10(14)16/h15H,3-8H2,1-2H3,(H,12,16). The van der Waals surface area contributed by atoms with Gasteiger partial charge in [0.25, 0.3) is 0 Å². The number of nitrogens with zero attached hydrogens (tertiary/aromatic N) is 3. The molecule has 0 aromatic carbocycles. The Hall–Kier alpha value is -0.720. The summed E-state index contributed by atoms with van der Waals surface area (Å²) in [6.45, 7) is 8.09. The average molecular weight is 244 g/mol. The predicted molar refractivity (Wildman–Crippen MR) is 65.7 cm³/mol. The lowest BCUT2D eigenvalue weighted by molar-refractivity contribution is 0.250. The fourth-order valence-corrected chi connectivity index (χ4v) is 1.93. The van der Waals surface area contributed by atoms with Crippen LogP contribution < -0.4 is 0 Å². The maximum Gasteiger partial charge on any atom is 0.195 e. The van der Waals surface area contributed by atoms with Gasteiger partial charge in [-0.2, -0.15) is 5.10 Å². The van der Waals surface area contributed by atoms with Gasteiger partial charge in [0, 0.05) is 13.1 Å². The van der Waals surface area contributed by atoms with Crippen LogP contribution in [0, 0.1) is 4.77 Å². The van der Waals surface area contributed by atoms with Crippen LogP contribution in [0.4, 0.5) is 0 Å². The summed E-state index contributed by atoms with van der Waals surface area (Å²) in [5.74, 6) is 0.609. The van der Waals surface area contributed by atoms with Crippen molar-refractivity contribution in [2.75, 3.05) is 19.6 Å². The van der Waals surface area contributed by atoms with Crippen molar-refractivity contribution in [1.29, 1.82) is 0 Å². The van der Waals surface area contributed by atoms with Crippen molar-refractivity contribution < 1.29 is 5.11 Å². The lowest BCUT2D eigenvalue weighted by Gasteiger charge is -2.19. The van der Waals surface area contributed by atoms with Gasteiger partial charge in [0.2, 0.25) is 0 Å². The maximum atomic E-state index is 9.09. The third-order valence-electron chi connectivity index (χ3n) is 2.61. The second-order valence-electron chi connectivity index (χ2n) is 3.69. The molecule has 16 heavy (non-hydrogen) atoms. The number of rotatable bonds is 7. The van der Waals surface area contributed by atoms with Crippen molar-refractivity contribution in [3.63, 3.8) is 0 Å². The van der Waals surface area contributed by atoms with E-state index in [2.05, 4.69) is 28.9 Å². The maximum absolute atomic E-state index is 9.09. The Morgan fingerprint density at radius 1 is 1.44 bits per heavy atom. The molecule has 2 N–H and O–H groups in total. The molecule has 0 amide bonds. The van der Waals surface area contributed by atoms with Gasteiger partial charge in [0.05, 0.1) is 0 Å². The third kappa shape index (κ3) is 3.40. The van der Waals surface area contributed by atoms with Crippen molar-refractivity contribution in [1.82, 2.24) is 19.7 Å². The minimum absolute atomic E-state index is 0.0763. The van der Waals surface area contributed by atoms with Gasteiger partial charge in [-0.25, -0.2) is 0 Å². The lowest BCUT2D eigenvalue weighted by Crippen LogP contribution is -2.28. The SMILES string of the molecule is CCCN(CC)CCn1c(CO)n[nH]c1=S. The van der Waals surface area contributed by atoms with E-state index in [-0.39, 0.29) is 6.61 Å². The second kappa shape index (κ2) is 6.78. The van der Waals surface area contributed by atoms with Crippen LogP contribution in [-0.2, 0) is 13.2 Å². The fourth-order valence-electron chi connectivity index (χ4n) is 1.69. The summed E-state index contributed by atoms with van der Waals surface area (Å²) in [6, 6.07) is 0. The molecule has 0 bridgehead atoms. The van der Waals surface area contributed by atoms with Crippen LogP contribution in [0.1, 0.15) is 26.1 Å². The van der Waals surface area contributed by atoms with Gasteiger partial charge in [0.1, 0.15) is 6.61 Å². The number of hydrogen-bond donors (Lipinski definition) is 2. The number of nitrogens with one attached hydrogen (secondary N) is 1. The van der Waals surface area contributed by atoms with Crippen LogP contribution in [0.5, 0.6) is 0 Å². The topological polar surface area (TPSA) is 57.1 Å². The third-order valence-corrected chi connectivity index (χ3v) is 2.92. The number of likely N-dealkylation sites (N-methyl/N-ethyl adjacent to an activating group) is 1. The van der Waals surface area contributed by atoms with E-state index in [4.69, 9.17) is 17.3 Å². The van der Waals surface area contributed by atoms with Gasteiger partial charge in [-0.1, -0.05) is 13.8 Å². The van der Waals surface area contributed by atoms with Gasteiger partial charge < -0.3 is 14.6 Å². The quantitative estimate of drug-likeness (QED) is 0.707. The van der Waals surface area contributed by atoms with E-state index in [0.717, 1.165) is 32.6 Å². The first-order valence-electron chi connectivity index (χ1n) is 5.70. The van der Waals surface area contributed by atoms with E-state index in [0.29, 0.717) is 10.6 Å². The minimum atomic E-state index is -0.0763. The summed E-state index contributed by atoms with van der Waals surface area (Å²) in [5, 5.41) is 15.8. The van der Waals surface area contributed by atoms with Crippen molar-refractivity contribution in [2.45, 2.75) is 33.4 Å². The molecule has 0 aliphatic carbocycles. The Kier molecular flexibility index (Phi) is 5.65. The molecular formula is C10H20N4OS. The molecule has 0 aliphatic rings. The van der Waals surface area contributed by atoms with Gasteiger partial charge in [-0.05, 0) is 31.7 Å². The van der Waals surface area contributed by atoms with E-state index in [1.54, 1.807) is 0 Å². The summed E-state index contributed by atoms with van der Waals surface area (Å²) >= 11 is 5.11. The molecule has 0 radical (unpaired) electrons. The average Bonchev–Trinajstić information content (AvgIpc) is 2.65. The first-order valence-corrected chi connectivity index (χ1v) is 6.11. The van der Waals surface area contributed by atoms with Crippen LogP contribution in [0.2, 0.25) is 0 Å². The van der Waals surface area contributed by atoms with Crippen LogP contribution in [0.25, 0.3) is 0 Å². The smallest absolute Gasteiger partial charge is 0.195 e. The van der Waals surface area contributed by atoms with Crippen LogP contribution in [0.3, 0.4) is 0 Å². The van der Waals surface area contributed by atoms with E-state index in [9.17, 15) is 0 Å². The molecule has 92 valence electrons. The molecule has 1 heterocycles. The number of aromatic amines is 1. The summed E-state index contributed by atoms with van der Waals surface area (Å²) in [7, 11) is 0. The molecule has 0 atom stereocenters. The van der Waals surface area contributed by atoms with Crippen LogP contribution >= 0.6 is 12.2 Å². The minimum Gasteiger partial charge on any atom is -0.388 e. The molecule has 0 spiro atoms. The van der Waals surface area contributed by atoms with Gasteiger partial charge >= 0.3 is 0 Å². The van der Waals surface area contributed by atoms with E-state index in [1.807, 2.05) is 4.57 Å². The zero-order valence-corrected chi connectivity index (χ0v) is 10.8. The highest BCUT2D eigenvalue weighted by Gasteiger charge is 2.06. The molecule has 5 nitrogen and oxygen atoms in total. The normalized spacial score (nSPS) is 11.2. The van der Waals surface area contributed by atoms with Gasteiger partial charge in [-0.3, -0.25) is 5.10 Å². The predicted octanol–water partition coefficient (Wildman–Crippen LogP) is 1.16. The number of hydrogen-bond acceptors (Lipinski definition) is 4. The van der Waals surface area contributed by atoms with Crippen LogP contribution in [0.15, 0.2) is 0 Å². The monoisotopic (exact) mass is 244 g/mol. The Morgan fingerprint density at radius 2 is 2.19 bits per heavy atom. The summed E-state index contributed by atoms with van der Waals surface area (Å²) in [4.78, 5) is 2.36. The molecule has 1 aromatic heterocycles. The van der Waals surface area contributed by atoms with Crippen molar-refractivity contribution in [3.8, 4) is 0 Å². The summed E-state index contributed by atoms with van der Waals surface area (Å²) in [5.41, 5.74) is 0. The molecule has 0 saturated heterocycles. The van der Waals surface area contributed by atoms with Crippen LogP contribution in [-0.4, -0.2) is 44.4 Å². The molecule has 1 rings (SSSR count). The Morgan fingerprint density at radius 3 is 2.75 bits per heavy atom. The molecule has 1 aromatic rings. The zero-order chi connectivity index (χ0) is 12.0. The molecule has 0 saturated carbocycles. The van der Waals surface area contributed by atoms with Gasteiger partial charge in [-0.15, -0.1) is 0 Å². The molecule has 0 fully saturated rings. The largest absolute Gasteiger partial charge is 0.388 e. The van der Waals surface area contributed by atoms with Crippen molar-refractivity contribution in [3.05, 3.63) is 10.6 Å². The summed E-state index contributed by atoms with van der Waals surface area (Å²) < 4.78 is 2.44. The molecule has 0 unspecified atom stereocenters. The van der Waals surface area contributed by atoms with E-state index in [1.165, 1.54) is 0 Å². The Balaban J connectivity index is 2.59. The van der Waals surface area contributed by atoms with E-state index < -0.39 is 0 Å². The molecular weight excluding hydrogens is 224 g/mol. The highest BCUT2D eigenvalue weighted by Crippen LogP contribution is 2.00. The first-order chi connectivity index (χ1) is 7.72. The second-order valence-corrected chi connectivity index (χ2v) is 4.08. The number of H-pyrrole nitrogens is 1. The Bertz CT molecular complexity index is 360. The number of aromatic nitrogens is 3. The number of aliphatic hydroxyl groups is 1. The Labute approximate surface area is 101 Å². The first kappa shape index (κ1) is 13.3. The lowest BCUT2D eigenvalue weighted by atomic mass is 10.4. The highest BCUT2D eigenvalue weighted by atomic mass is 32.1. The molecule has 0 aliphatic heterocycles. The van der Waals surface area contributed by atoms with Gasteiger partial charge in [0.15, 0.2) is 10.6 Å². The number of aliphatic hydroxyl groups excluding tert-OH is 1. The van der Waals surface area contributed by atoms with Crippen molar-refractivity contribution in [2.24, 2.45) is 0 Å². The van der Waals surface area contributed by atoms with Crippen molar-refractivity contribution >= 4 is 12.2 Å². The highest BCUT2D eigenvalue weighted by molar-refractivity contribution is 7.71. The fraction of sp³-hybridized carbons (Fsp3) is 0.800. The molecule has 6 heteroatoms. The zero-order valence-electron chi connectivity index (χ0n) is 9.94.